The molecule has 0 unspecified atom stereocenters. The van der Waals surface area contributed by atoms with Crippen LogP contribution < -0.4 is 4.90 Å². The number of aromatic nitrogens is 1. The number of hydrogen-bond acceptors (Lipinski definition) is 8. The fourth-order valence-corrected chi connectivity index (χ4v) is 4.10. The van der Waals surface area contributed by atoms with Gasteiger partial charge >= 0.3 is 11.9 Å². The highest BCUT2D eigenvalue weighted by molar-refractivity contribution is 6.04. The molecule has 33 heavy (non-hydrogen) atoms. The number of pyridine rings is 1. The van der Waals surface area contributed by atoms with Gasteiger partial charge in [0, 0.05) is 37.8 Å². The van der Waals surface area contributed by atoms with Crippen molar-refractivity contribution in [3.05, 3.63) is 59.5 Å². The van der Waals surface area contributed by atoms with Crippen molar-refractivity contribution in [1.82, 2.24) is 9.88 Å². The van der Waals surface area contributed by atoms with E-state index in [0.717, 1.165) is 43.8 Å². The summed E-state index contributed by atoms with van der Waals surface area (Å²) in [5.74, 6) is 0.766. The van der Waals surface area contributed by atoms with E-state index in [1.54, 1.807) is 26.1 Å². The summed E-state index contributed by atoms with van der Waals surface area (Å²) in [6, 6.07) is 11.2. The van der Waals surface area contributed by atoms with Gasteiger partial charge in [-0.25, -0.2) is 14.6 Å². The Morgan fingerprint density at radius 1 is 0.970 bits per heavy atom. The second-order valence-corrected chi connectivity index (χ2v) is 7.86. The molecule has 0 saturated carbocycles. The first kappa shape index (κ1) is 22.8. The zero-order chi connectivity index (χ0) is 23.2. The lowest BCUT2D eigenvalue weighted by Gasteiger charge is -2.22. The Balaban J connectivity index is 1.46. The predicted molar refractivity (Wildman–Crippen MR) is 124 cm³/mol. The number of rotatable bonds is 7. The third-order valence-electron chi connectivity index (χ3n) is 5.69. The molecule has 174 valence electrons. The Morgan fingerprint density at radius 2 is 1.76 bits per heavy atom. The minimum Gasteiger partial charge on any atom is -0.462 e. The summed E-state index contributed by atoms with van der Waals surface area (Å²) in [5, 5.41) is 0.785. The van der Waals surface area contributed by atoms with Crippen molar-refractivity contribution in [1.29, 1.82) is 0 Å². The number of hydrogen-bond donors (Lipinski definition) is 0. The fourth-order valence-electron chi connectivity index (χ4n) is 4.10. The number of nitrogens with zero attached hydrogens (tertiary/aromatic N) is 3. The molecule has 3 heterocycles. The van der Waals surface area contributed by atoms with E-state index < -0.39 is 0 Å². The highest BCUT2D eigenvalue weighted by Crippen LogP contribution is 2.28. The van der Waals surface area contributed by atoms with E-state index in [4.69, 9.17) is 13.9 Å². The molecule has 3 aromatic rings. The van der Waals surface area contributed by atoms with E-state index in [9.17, 15) is 9.59 Å². The molecule has 0 spiro atoms. The van der Waals surface area contributed by atoms with Gasteiger partial charge in [0.15, 0.2) is 0 Å². The van der Waals surface area contributed by atoms with Crippen LogP contribution in [0, 0.1) is 0 Å². The molecular formula is C25H29N3O5. The van der Waals surface area contributed by atoms with E-state index in [-0.39, 0.29) is 11.9 Å². The van der Waals surface area contributed by atoms with Crippen LogP contribution in [0.15, 0.2) is 47.0 Å². The summed E-state index contributed by atoms with van der Waals surface area (Å²) in [6.45, 7) is 8.07. The highest BCUT2D eigenvalue weighted by Gasteiger charge is 2.25. The number of benzene rings is 1. The number of esters is 2. The predicted octanol–water partition coefficient (Wildman–Crippen LogP) is 3.89. The first-order valence-corrected chi connectivity index (χ1v) is 11.4. The van der Waals surface area contributed by atoms with Crippen molar-refractivity contribution >= 4 is 28.7 Å². The minimum atomic E-state index is -0.359. The number of furan rings is 1. The van der Waals surface area contributed by atoms with E-state index >= 15 is 0 Å². The van der Waals surface area contributed by atoms with Gasteiger partial charge in [-0.05, 0) is 38.5 Å². The largest absolute Gasteiger partial charge is 0.462 e. The van der Waals surface area contributed by atoms with Gasteiger partial charge < -0.3 is 18.8 Å². The summed E-state index contributed by atoms with van der Waals surface area (Å²) in [5.41, 5.74) is 1.66. The number of carbonyl (C=O) groups excluding carboxylic acids is 2. The van der Waals surface area contributed by atoms with Crippen LogP contribution in [0.3, 0.4) is 0 Å². The van der Waals surface area contributed by atoms with Gasteiger partial charge in [-0.1, -0.05) is 18.2 Å². The minimum absolute atomic E-state index is 0.318. The van der Waals surface area contributed by atoms with E-state index in [1.807, 2.05) is 30.3 Å². The average molecular weight is 452 g/mol. The molecule has 1 aromatic carbocycles. The molecule has 0 atom stereocenters. The smallest absolute Gasteiger partial charge is 0.342 e. The summed E-state index contributed by atoms with van der Waals surface area (Å²) < 4.78 is 16.4. The van der Waals surface area contributed by atoms with Crippen LogP contribution >= 0.6 is 0 Å². The zero-order valence-corrected chi connectivity index (χ0v) is 19.1. The Kier molecular flexibility index (Phi) is 7.24. The molecule has 1 saturated heterocycles. The monoisotopic (exact) mass is 451 g/mol. The SMILES string of the molecule is CCOC(=O)c1ccc(N2CCCN(Cc3oc4ccccc4c3C(=O)OCC)CC2)nc1. The Bertz CT molecular complexity index is 1110. The van der Waals surface area contributed by atoms with Crippen molar-refractivity contribution in [2.45, 2.75) is 26.8 Å². The highest BCUT2D eigenvalue weighted by atomic mass is 16.5. The molecule has 4 rings (SSSR count). The van der Waals surface area contributed by atoms with Crippen LogP contribution in [-0.2, 0) is 16.0 Å². The molecule has 2 aromatic heterocycles. The van der Waals surface area contributed by atoms with Crippen LogP contribution in [0.1, 0.15) is 46.7 Å². The van der Waals surface area contributed by atoms with E-state index in [0.29, 0.717) is 42.2 Å². The van der Waals surface area contributed by atoms with Crippen molar-refractivity contribution in [3.8, 4) is 0 Å². The van der Waals surface area contributed by atoms with Crippen LogP contribution in [-0.4, -0.2) is 61.2 Å². The number of para-hydroxylation sites is 1. The molecule has 0 radical (unpaired) electrons. The van der Waals surface area contributed by atoms with E-state index in [2.05, 4.69) is 14.8 Å². The van der Waals surface area contributed by atoms with E-state index in [1.165, 1.54) is 0 Å². The first-order chi connectivity index (χ1) is 16.1. The quantitative estimate of drug-likeness (QED) is 0.500. The molecule has 0 bridgehead atoms. The standard InChI is InChI=1S/C25H29N3O5/c1-3-31-24(29)18-10-11-22(26-16-18)28-13-7-12-27(14-15-28)17-21-23(25(30)32-4-2)19-8-5-6-9-20(19)33-21/h5-6,8-11,16H,3-4,7,12-15,17H2,1-2H3. The molecule has 1 aliphatic rings. The Hall–Kier alpha value is -3.39. The van der Waals surface area contributed by atoms with Crippen molar-refractivity contribution in [3.63, 3.8) is 0 Å². The Labute approximate surface area is 193 Å². The molecule has 1 fully saturated rings. The van der Waals surface area contributed by atoms with Crippen LogP contribution in [0.4, 0.5) is 5.82 Å². The van der Waals surface area contributed by atoms with Crippen LogP contribution in [0.5, 0.6) is 0 Å². The lowest BCUT2D eigenvalue weighted by Crippen LogP contribution is -2.31. The molecule has 0 N–H and O–H groups in total. The van der Waals surface area contributed by atoms with Crippen LogP contribution in [0.2, 0.25) is 0 Å². The van der Waals surface area contributed by atoms with Crippen molar-refractivity contribution in [2.24, 2.45) is 0 Å². The zero-order valence-electron chi connectivity index (χ0n) is 19.1. The fraction of sp³-hybridized carbons (Fsp3) is 0.400. The summed E-state index contributed by atoms with van der Waals surface area (Å²) in [6.07, 6.45) is 2.51. The summed E-state index contributed by atoms with van der Waals surface area (Å²) in [7, 11) is 0. The van der Waals surface area contributed by atoms with Gasteiger partial charge in [0.05, 0.1) is 25.3 Å². The second-order valence-electron chi connectivity index (χ2n) is 7.86. The Morgan fingerprint density at radius 3 is 2.52 bits per heavy atom. The number of anilines is 1. The maximum Gasteiger partial charge on any atom is 0.342 e. The topological polar surface area (TPSA) is 85.1 Å². The van der Waals surface area contributed by atoms with Gasteiger partial charge in [0.2, 0.25) is 0 Å². The average Bonchev–Trinajstić information content (AvgIpc) is 3.02. The van der Waals surface area contributed by atoms with Gasteiger partial charge in [0.1, 0.15) is 22.7 Å². The normalized spacial score (nSPS) is 14.8. The molecular weight excluding hydrogens is 422 g/mol. The van der Waals surface area contributed by atoms with Crippen LogP contribution in [0.25, 0.3) is 11.0 Å². The van der Waals surface area contributed by atoms with Gasteiger partial charge in [-0.3, -0.25) is 4.90 Å². The van der Waals surface area contributed by atoms with Gasteiger partial charge in [-0.15, -0.1) is 0 Å². The van der Waals surface area contributed by atoms with Gasteiger partial charge in [-0.2, -0.15) is 0 Å². The third-order valence-corrected chi connectivity index (χ3v) is 5.69. The number of fused-ring (bicyclic) bond motifs is 1. The molecule has 0 amide bonds. The summed E-state index contributed by atoms with van der Waals surface area (Å²) >= 11 is 0. The number of ether oxygens (including phenoxy) is 2. The summed E-state index contributed by atoms with van der Waals surface area (Å²) in [4.78, 5) is 33.5. The third kappa shape index (κ3) is 5.17. The maximum absolute atomic E-state index is 12.7. The molecule has 8 nitrogen and oxygen atoms in total. The molecule has 1 aliphatic heterocycles. The van der Waals surface area contributed by atoms with Crippen molar-refractivity contribution in [2.75, 3.05) is 44.3 Å². The maximum atomic E-state index is 12.7. The lowest BCUT2D eigenvalue weighted by molar-refractivity contribution is 0.0515. The second kappa shape index (κ2) is 10.5. The number of carbonyl (C=O) groups is 2. The van der Waals surface area contributed by atoms with Gasteiger partial charge in [0.25, 0.3) is 0 Å². The van der Waals surface area contributed by atoms with Crippen molar-refractivity contribution < 1.29 is 23.5 Å². The first-order valence-electron chi connectivity index (χ1n) is 11.4. The molecule has 0 aliphatic carbocycles. The molecule has 8 heteroatoms. The lowest BCUT2D eigenvalue weighted by atomic mass is 10.1.